The molecule has 6 nitrogen and oxygen atoms in total. The molecule has 6 heteroatoms. The average Bonchev–Trinajstić information content (AvgIpc) is 3.12. The molecule has 1 fully saturated rings. The molecule has 3 aromatic carbocycles. The molecule has 0 saturated carbocycles. The van der Waals surface area contributed by atoms with Crippen molar-refractivity contribution in [2.45, 2.75) is 64.2 Å². The van der Waals surface area contributed by atoms with Crippen LogP contribution in [0.4, 0.5) is 0 Å². The van der Waals surface area contributed by atoms with E-state index in [1.807, 2.05) is 6.07 Å². The number of allylic oxidation sites excluding steroid dienone is 1. The number of methoxy groups -OCH3 is 3. The number of fused-ring (bicyclic) bond motifs is 1. The molecule has 0 atom stereocenters. The number of likely N-dealkylation sites (tertiary alicyclic amines) is 1. The summed E-state index contributed by atoms with van der Waals surface area (Å²) in [6.45, 7) is 11.3. The highest BCUT2D eigenvalue weighted by Gasteiger charge is 2.44. The Bertz CT molecular complexity index is 1410. The number of rotatable bonds is 9. The topological polar surface area (TPSA) is 46.2 Å². The SMILES string of the molecule is COc1cc(C)cc(CN2CCC(C3=CC(C)(C)c4c(cc(OC)cc4OC)CN3)(N(C)Cc3ccccc3)CC2)c1. The number of ether oxygens (including phenoxy) is 3. The van der Waals surface area contributed by atoms with Gasteiger partial charge in [-0.15, -0.1) is 0 Å². The van der Waals surface area contributed by atoms with Gasteiger partial charge in [0.2, 0.25) is 0 Å². The molecule has 2 heterocycles. The normalized spacial score (nSPS) is 18.0. The highest BCUT2D eigenvalue weighted by Crippen LogP contribution is 2.44. The van der Waals surface area contributed by atoms with E-state index in [0.29, 0.717) is 0 Å². The summed E-state index contributed by atoms with van der Waals surface area (Å²) in [6.07, 6.45) is 4.53. The lowest BCUT2D eigenvalue weighted by atomic mass is 9.76. The first-order valence-electron chi connectivity index (χ1n) is 15.0. The van der Waals surface area contributed by atoms with Crippen molar-refractivity contribution in [2.75, 3.05) is 41.5 Å². The lowest BCUT2D eigenvalue weighted by Gasteiger charge is -2.49. The Hall–Kier alpha value is -3.48. The fourth-order valence-electron chi connectivity index (χ4n) is 7.01. The van der Waals surface area contributed by atoms with E-state index in [2.05, 4.69) is 104 Å². The van der Waals surface area contributed by atoms with Crippen LogP contribution in [0.2, 0.25) is 0 Å². The maximum Gasteiger partial charge on any atom is 0.126 e. The fourth-order valence-corrected chi connectivity index (χ4v) is 7.01. The van der Waals surface area contributed by atoms with Gasteiger partial charge in [0.15, 0.2) is 0 Å². The van der Waals surface area contributed by atoms with Crippen LogP contribution in [0.1, 0.15) is 54.5 Å². The maximum absolute atomic E-state index is 5.91. The molecule has 2 aliphatic rings. The molecule has 2 aliphatic heterocycles. The minimum absolute atomic E-state index is 0.132. The summed E-state index contributed by atoms with van der Waals surface area (Å²) in [4.78, 5) is 5.17. The second-order valence-corrected chi connectivity index (χ2v) is 12.5. The number of aryl methyl sites for hydroxylation is 1. The monoisotopic (exact) mass is 569 g/mol. The Kier molecular flexibility index (Phi) is 8.86. The number of nitrogens with one attached hydrogen (secondary N) is 1. The average molecular weight is 570 g/mol. The molecule has 0 amide bonds. The van der Waals surface area contributed by atoms with Crippen LogP contribution in [0.15, 0.2) is 72.4 Å². The smallest absolute Gasteiger partial charge is 0.126 e. The van der Waals surface area contributed by atoms with Gasteiger partial charge in [-0.2, -0.15) is 0 Å². The van der Waals surface area contributed by atoms with Gasteiger partial charge in [-0.05, 0) is 67.3 Å². The van der Waals surface area contributed by atoms with Gasteiger partial charge in [-0.3, -0.25) is 9.80 Å². The molecule has 0 aromatic heterocycles. The lowest BCUT2D eigenvalue weighted by molar-refractivity contribution is 0.0522. The second kappa shape index (κ2) is 12.4. The summed E-state index contributed by atoms with van der Waals surface area (Å²) >= 11 is 0. The Balaban J connectivity index is 1.47. The molecular weight excluding hydrogens is 522 g/mol. The van der Waals surface area contributed by atoms with E-state index in [9.17, 15) is 0 Å². The van der Waals surface area contributed by atoms with Gasteiger partial charge in [-0.1, -0.05) is 56.3 Å². The van der Waals surface area contributed by atoms with Gasteiger partial charge in [0.1, 0.15) is 17.2 Å². The largest absolute Gasteiger partial charge is 0.497 e. The Morgan fingerprint density at radius 2 is 1.55 bits per heavy atom. The lowest BCUT2D eigenvalue weighted by Crippen LogP contribution is -2.57. The zero-order chi connectivity index (χ0) is 29.9. The third-order valence-electron chi connectivity index (χ3n) is 9.16. The van der Waals surface area contributed by atoms with Crippen LogP contribution in [0.3, 0.4) is 0 Å². The first-order valence-corrected chi connectivity index (χ1v) is 15.0. The molecule has 5 rings (SSSR count). The van der Waals surface area contributed by atoms with E-state index < -0.39 is 0 Å². The number of likely N-dealkylation sites (N-methyl/N-ethyl adjacent to an activating group) is 1. The molecular formula is C36H47N3O3. The summed E-state index contributed by atoms with van der Waals surface area (Å²) in [5.74, 6) is 2.63. The van der Waals surface area contributed by atoms with Crippen molar-refractivity contribution in [3.05, 3.63) is 100 Å². The third kappa shape index (κ3) is 6.16. The van der Waals surface area contributed by atoms with Crippen molar-refractivity contribution in [2.24, 2.45) is 0 Å². The zero-order valence-electron chi connectivity index (χ0n) is 26.4. The highest BCUT2D eigenvalue weighted by molar-refractivity contribution is 5.54. The molecule has 1 saturated heterocycles. The van der Waals surface area contributed by atoms with Crippen molar-refractivity contribution in [3.8, 4) is 17.2 Å². The summed E-state index contributed by atoms with van der Waals surface area (Å²) in [7, 11) is 7.51. The number of hydrogen-bond acceptors (Lipinski definition) is 6. The van der Waals surface area contributed by atoms with E-state index in [1.54, 1.807) is 21.3 Å². The first-order chi connectivity index (χ1) is 20.2. The van der Waals surface area contributed by atoms with Crippen molar-refractivity contribution < 1.29 is 14.2 Å². The molecule has 42 heavy (non-hydrogen) atoms. The molecule has 0 aliphatic carbocycles. The molecule has 0 radical (unpaired) electrons. The van der Waals surface area contributed by atoms with Gasteiger partial charge < -0.3 is 19.5 Å². The predicted molar refractivity (Wildman–Crippen MR) is 170 cm³/mol. The van der Waals surface area contributed by atoms with E-state index >= 15 is 0 Å². The van der Waals surface area contributed by atoms with Crippen molar-refractivity contribution in [1.82, 2.24) is 15.1 Å². The molecule has 3 aromatic rings. The van der Waals surface area contributed by atoms with Crippen LogP contribution in [-0.2, 0) is 25.0 Å². The third-order valence-corrected chi connectivity index (χ3v) is 9.16. The van der Waals surface area contributed by atoms with Gasteiger partial charge in [0.25, 0.3) is 0 Å². The summed E-state index contributed by atoms with van der Waals surface area (Å²) < 4.78 is 17.1. The number of hydrogen-bond donors (Lipinski definition) is 1. The predicted octanol–water partition coefficient (Wildman–Crippen LogP) is 6.45. The summed E-state index contributed by atoms with van der Waals surface area (Å²) in [5, 5.41) is 3.93. The number of piperidine rings is 1. The molecule has 0 bridgehead atoms. The molecule has 0 unspecified atom stereocenters. The molecule has 1 N–H and O–H groups in total. The standard InChI is InChI=1S/C36H47N3O3/c1-26-17-28(19-30(18-26)40-5)25-39-15-13-36(14-16-39,38(4)24-27-11-9-8-10-12-27)33-22-35(2,3)34-29(23-37-33)20-31(41-6)21-32(34)42-7/h8-12,17-22,37H,13-16,23-25H2,1-7H3. The highest BCUT2D eigenvalue weighted by atomic mass is 16.5. The Morgan fingerprint density at radius 3 is 2.21 bits per heavy atom. The van der Waals surface area contributed by atoms with E-state index in [-0.39, 0.29) is 11.0 Å². The summed E-state index contributed by atoms with van der Waals surface area (Å²) in [5.41, 5.74) is 7.25. The molecule has 224 valence electrons. The van der Waals surface area contributed by atoms with Crippen LogP contribution in [0, 0.1) is 6.92 Å². The zero-order valence-corrected chi connectivity index (χ0v) is 26.4. The van der Waals surface area contributed by atoms with E-state index in [0.717, 1.165) is 62.8 Å². The van der Waals surface area contributed by atoms with Crippen molar-refractivity contribution in [1.29, 1.82) is 0 Å². The number of benzene rings is 3. The summed E-state index contributed by atoms with van der Waals surface area (Å²) in [6, 6.07) is 21.5. The Labute approximate surface area is 252 Å². The minimum Gasteiger partial charge on any atom is -0.497 e. The van der Waals surface area contributed by atoms with Crippen molar-refractivity contribution >= 4 is 0 Å². The van der Waals surface area contributed by atoms with Crippen LogP contribution in [0.5, 0.6) is 17.2 Å². The van der Waals surface area contributed by atoms with Gasteiger partial charge in [0.05, 0.1) is 26.9 Å². The fraction of sp³-hybridized carbons (Fsp3) is 0.444. The van der Waals surface area contributed by atoms with Crippen LogP contribution in [0.25, 0.3) is 0 Å². The van der Waals surface area contributed by atoms with Crippen LogP contribution < -0.4 is 19.5 Å². The van der Waals surface area contributed by atoms with E-state index in [1.165, 1.54) is 33.5 Å². The second-order valence-electron chi connectivity index (χ2n) is 12.5. The van der Waals surface area contributed by atoms with E-state index in [4.69, 9.17) is 14.2 Å². The molecule has 0 spiro atoms. The van der Waals surface area contributed by atoms with Crippen LogP contribution >= 0.6 is 0 Å². The van der Waals surface area contributed by atoms with Gasteiger partial charge in [0, 0.05) is 55.5 Å². The van der Waals surface area contributed by atoms with Gasteiger partial charge >= 0.3 is 0 Å². The number of nitrogens with zero attached hydrogens (tertiary/aromatic N) is 2. The maximum atomic E-state index is 5.91. The minimum atomic E-state index is -0.235. The van der Waals surface area contributed by atoms with Crippen molar-refractivity contribution in [3.63, 3.8) is 0 Å². The Morgan fingerprint density at radius 1 is 0.857 bits per heavy atom. The van der Waals surface area contributed by atoms with Crippen LogP contribution in [-0.4, -0.2) is 56.8 Å². The quantitative estimate of drug-likeness (QED) is 0.320. The first kappa shape index (κ1) is 30.0. The van der Waals surface area contributed by atoms with Gasteiger partial charge in [-0.25, -0.2) is 0 Å².